The molecule has 0 amide bonds. The Morgan fingerprint density at radius 2 is 1.31 bits per heavy atom. The van der Waals surface area contributed by atoms with Crippen molar-refractivity contribution >= 4 is 13.3 Å². The van der Waals surface area contributed by atoms with Crippen molar-refractivity contribution in [2.45, 2.75) is 60.3 Å². The van der Waals surface area contributed by atoms with E-state index in [0.29, 0.717) is 0 Å². The van der Waals surface area contributed by atoms with E-state index in [1.54, 1.807) is 0 Å². The molecule has 0 bridgehead atoms. The third-order valence-electron chi connectivity index (χ3n) is 4.25. The Bertz CT molecular complexity index is 513. The molecule has 0 saturated heterocycles. The van der Waals surface area contributed by atoms with Crippen LogP contribution in [0.2, 0.25) is 0 Å². The molecule has 152 valence electrons. The van der Waals surface area contributed by atoms with Gasteiger partial charge in [0.05, 0.1) is 6.61 Å². The average molecular weight is 405 g/mol. The van der Waals surface area contributed by atoms with E-state index in [-0.39, 0.29) is 0 Å². The van der Waals surface area contributed by atoms with Gasteiger partial charge in [-0.25, -0.2) is 4.79 Å². The molecule has 11 atom stereocenters. The minimum atomic E-state index is -3.94. The van der Waals surface area contributed by atoms with E-state index >= 15 is 0 Å². The number of aliphatic hydroxyl groups is 11. The molecule has 0 spiro atoms. The Morgan fingerprint density at radius 3 is 1.69 bits per heavy atom. The van der Waals surface area contributed by atoms with E-state index in [9.17, 15) is 55.3 Å². The number of aliphatic hydroxyl groups excluding tert-OH is 10. The summed E-state index contributed by atoms with van der Waals surface area (Å²) < 4.78 is 12.3. The van der Waals surface area contributed by atoms with Crippen molar-refractivity contribution < 1.29 is 65.5 Å². The minimum Gasteiger partial charge on any atom is -0.394 e. The van der Waals surface area contributed by atoms with Gasteiger partial charge in [-0.3, -0.25) is 0 Å². The largest absolute Gasteiger partial charge is 0.458 e. The predicted octanol–water partition coefficient (Wildman–Crippen LogP) is -6.72. The fourth-order valence-corrected chi connectivity index (χ4v) is 3.99. The van der Waals surface area contributed by atoms with Crippen LogP contribution in [-0.2, 0) is 9.36 Å². The van der Waals surface area contributed by atoms with Crippen LogP contribution in [0.15, 0.2) is 0 Å². The van der Waals surface area contributed by atoms with E-state index in [0.717, 1.165) is 0 Å². The van der Waals surface area contributed by atoms with Crippen molar-refractivity contribution in [3.63, 3.8) is 0 Å². The maximum absolute atomic E-state index is 12.3. The molecule has 0 aliphatic heterocycles. The second-order valence-corrected chi connectivity index (χ2v) is 7.70. The van der Waals surface area contributed by atoms with Gasteiger partial charge < -0.3 is 56.2 Å². The van der Waals surface area contributed by atoms with Gasteiger partial charge in [-0.2, -0.15) is 0 Å². The van der Waals surface area contributed by atoms with Gasteiger partial charge >= 0.3 is 18.7 Å². The molecular formula is C12H22O13P+. The van der Waals surface area contributed by atoms with E-state index in [2.05, 4.69) is 0 Å². The summed E-state index contributed by atoms with van der Waals surface area (Å²) in [6.07, 6.45) is -21.4. The molecule has 14 heteroatoms. The molecule has 13 nitrogen and oxygen atoms in total. The molecule has 1 aliphatic rings. The van der Waals surface area contributed by atoms with Gasteiger partial charge in [-0.05, 0) is 0 Å². The minimum absolute atomic E-state index is 1.07. The Labute approximate surface area is 146 Å². The van der Waals surface area contributed by atoms with Crippen LogP contribution >= 0.6 is 7.80 Å². The van der Waals surface area contributed by atoms with Gasteiger partial charge in [0, 0.05) is 0 Å². The molecule has 1 aliphatic carbocycles. The molecular weight excluding hydrogens is 383 g/mol. The second-order valence-electron chi connectivity index (χ2n) is 5.95. The second kappa shape index (κ2) is 8.56. The maximum Gasteiger partial charge on any atom is 0.458 e. The van der Waals surface area contributed by atoms with Crippen molar-refractivity contribution in [3.8, 4) is 0 Å². The highest BCUT2D eigenvalue weighted by Crippen LogP contribution is 2.48. The zero-order chi connectivity index (χ0) is 20.6. The highest BCUT2D eigenvalue weighted by atomic mass is 31.1. The molecule has 11 N–H and O–H groups in total. The summed E-state index contributed by atoms with van der Waals surface area (Å²) in [5.41, 5.74) is -1.91. The fourth-order valence-electron chi connectivity index (χ4n) is 2.46. The van der Waals surface area contributed by atoms with Gasteiger partial charge in [-0.15, -0.1) is 0 Å². The first kappa shape index (κ1) is 23.4. The first-order valence-electron chi connectivity index (χ1n) is 7.31. The van der Waals surface area contributed by atoms with Crippen molar-refractivity contribution in [2.75, 3.05) is 6.61 Å². The molecule has 3 unspecified atom stereocenters. The maximum atomic E-state index is 12.3. The zero-order valence-corrected chi connectivity index (χ0v) is 14.0. The molecule has 0 aromatic carbocycles. The summed E-state index contributed by atoms with van der Waals surface area (Å²) in [6.45, 7) is -1.07. The van der Waals surface area contributed by atoms with E-state index < -0.39 is 80.2 Å². The smallest absolute Gasteiger partial charge is 0.394 e. The van der Waals surface area contributed by atoms with E-state index in [4.69, 9.17) is 10.2 Å². The predicted molar refractivity (Wildman–Crippen MR) is 78.7 cm³/mol. The monoisotopic (exact) mass is 405 g/mol. The van der Waals surface area contributed by atoms with Crippen molar-refractivity contribution in [2.24, 2.45) is 0 Å². The summed E-state index contributed by atoms with van der Waals surface area (Å²) in [5, 5.41) is 102. The van der Waals surface area contributed by atoms with Gasteiger partial charge in [0.1, 0.15) is 36.6 Å². The lowest BCUT2D eigenvalue weighted by Crippen LogP contribution is -2.69. The van der Waals surface area contributed by atoms with Gasteiger partial charge in [0.15, 0.2) is 18.3 Å². The normalized spacial score (nSPS) is 40.4. The first-order valence-corrected chi connectivity index (χ1v) is 8.56. The Hall–Kier alpha value is -0.670. The van der Waals surface area contributed by atoms with Crippen LogP contribution in [0, 0.1) is 0 Å². The number of rotatable bonds is 7. The molecule has 0 heterocycles. The molecule has 1 fully saturated rings. The van der Waals surface area contributed by atoms with E-state index in [1.807, 2.05) is 0 Å². The van der Waals surface area contributed by atoms with Crippen molar-refractivity contribution in [3.05, 3.63) is 0 Å². The quantitative estimate of drug-likeness (QED) is 0.176. The highest BCUT2D eigenvalue weighted by Gasteiger charge is 2.72. The zero-order valence-electron chi connectivity index (χ0n) is 13.1. The Kier molecular flexibility index (Phi) is 7.69. The Morgan fingerprint density at radius 1 is 0.885 bits per heavy atom. The van der Waals surface area contributed by atoms with Gasteiger partial charge in [0.25, 0.3) is 0 Å². The summed E-state index contributed by atoms with van der Waals surface area (Å²) in [4.78, 5) is 12.0. The van der Waals surface area contributed by atoms with Gasteiger partial charge in [0.2, 0.25) is 0 Å². The van der Waals surface area contributed by atoms with Crippen molar-refractivity contribution in [1.29, 1.82) is 0 Å². The molecule has 0 aromatic rings. The van der Waals surface area contributed by atoms with Crippen LogP contribution < -0.4 is 0 Å². The SMILES string of the molecule is O=C([C@@H](O)[C@@H](O)[C@H](O)[C@H](O)CO)[P+](=O)C1(O)[C@H](O)[C@H](O)C(O)[C@H](O)[C@H]1O. The highest BCUT2D eigenvalue weighted by molar-refractivity contribution is 7.65. The van der Waals surface area contributed by atoms with Crippen LogP contribution in [0.4, 0.5) is 0 Å². The third kappa shape index (κ3) is 3.80. The van der Waals surface area contributed by atoms with Crippen LogP contribution in [0.5, 0.6) is 0 Å². The average Bonchev–Trinajstić information content (AvgIpc) is 2.65. The van der Waals surface area contributed by atoms with Crippen LogP contribution in [0.25, 0.3) is 0 Å². The lowest BCUT2D eigenvalue weighted by molar-refractivity contribution is -0.238. The number of carbonyl (C=O) groups excluding carboxylic acids is 1. The molecule has 1 saturated carbocycles. The summed E-state index contributed by atoms with van der Waals surface area (Å²) in [6, 6.07) is 0. The summed E-state index contributed by atoms with van der Waals surface area (Å²) in [5.74, 6) is 0. The topological polar surface area (TPSA) is 257 Å². The first-order chi connectivity index (χ1) is 11.8. The lowest BCUT2D eigenvalue weighted by atomic mass is 9.84. The van der Waals surface area contributed by atoms with Crippen LogP contribution in [-0.4, -0.2) is 129 Å². The molecule has 1 rings (SSSR count). The number of hydrogen-bond donors (Lipinski definition) is 11. The molecule has 26 heavy (non-hydrogen) atoms. The standard InChI is InChI=1S/C12H22O13P/c13-1-2(14)3(15)4(16)8(20)11(23)26(25)12(24)9(21)6(18)5(17)7(19)10(12)22/h2-10,13-22,24H,1H2/q+1/t2-,3-,4+,5?,6-,7+,8+,9-,10-,12?/m1/s1. The molecule has 0 radical (unpaired) electrons. The van der Waals surface area contributed by atoms with E-state index in [1.165, 1.54) is 0 Å². The summed E-state index contributed by atoms with van der Waals surface area (Å²) >= 11 is 0. The number of hydrogen-bond acceptors (Lipinski definition) is 13. The Balaban J connectivity index is 3.10. The van der Waals surface area contributed by atoms with Gasteiger partial charge in [-0.1, -0.05) is 4.57 Å². The number of carbonyl (C=O) groups is 1. The van der Waals surface area contributed by atoms with Crippen molar-refractivity contribution in [1.82, 2.24) is 0 Å². The molecule has 0 aromatic heterocycles. The fraction of sp³-hybridized carbons (Fsp3) is 0.917. The lowest BCUT2D eigenvalue weighted by Gasteiger charge is -2.41. The van der Waals surface area contributed by atoms with Crippen LogP contribution in [0.3, 0.4) is 0 Å². The van der Waals surface area contributed by atoms with Crippen LogP contribution in [0.1, 0.15) is 0 Å². The summed E-state index contributed by atoms with van der Waals surface area (Å²) in [7, 11) is -3.94. The third-order valence-corrected chi connectivity index (χ3v) is 6.10.